The standard InChI is InChI=1S/C19H23N3O5/c1-13-9-15(22(24)25)6-8-17(13)20-19(23)12-21(2)11-14-5-7-16(26-3)10-18(14)27-4/h5-10H,11-12H2,1-4H3,(H,20,23)/p+1. The highest BCUT2D eigenvalue weighted by Crippen LogP contribution is 2.24. The minimum atomic E-state index is -0.460. The molecule has 0 radical (unpaired) electrons. The third kappa shape index (κ3) is 5.42. The number of nitro benzene ring substituents is 1. The van der Waals surface area contributed by atoms with Crippen LogP contribution >= 0.6 is 0 Å². The average molecular weight is 374 g/mol. The van der Waals surface area contributed by atoms with Crippen LogP contribution in [0.4, 0.5) is 11.4 Å². The summed E-state index contributed by atoms with van der Waals surface area (Å²) in [6.45, 7) is 2.56. The molecule has 0 saturated carbocycles. The molecule has 0 bridgehead atoms. The van der Waals surface area contributed by atoms with Crippen molar-refractivity contribution in [2.75, 3.05) is 33.1 Å². The molecule has 1 atom stereocenters. The third-order valence-corrected chi connectivity index (χ3v) is 4.14. The van der Waals surface area contributed by atoms with Gasteiger partial charge in [-0.05, 0) is 30.7 Å². The Balaban J connectivity index is 1.99. The van der Waals surface area contributed by atoms with Gasteiger partial charge in [0.2, 0.25) is 0 Å². The predicted octanol–water partition coefficient (Wildman–Crippen LogP) is 1.57. The highest BCUT2D eigenvalue weighted by Gasteiger charge is 2.16. The van der Waals surface area contributed by atoms with Crippen molar-refractivity contribution in [2.24, 2.45) is 0 Å². The Morgan fingerprint density at radius 1 is 1.19 bits per heavy atom. The molecule has 27 heavy (non-hydrogen) atoms. The van der Waals surface area contributed by atoms with E-state index in [4.69, 9.17) is 9.47 Å². The summed E-state index contributed by atoms with van der Waals surface area (Å²) in [7, 11) is 5.10. The molecule has 8 nitrogen and oxygen atoms in total. The Labute approximate surface area is 157 Å². The number of quaternary nitrogens is 1. The van der Waals surface area contributed by atoms with Crippen molar-refractivity contribution in [3.63, 3.8) is 0 Å². The molecule has 2 N–H and O–H groups in total. The van der Waals surface area contributed by atoms with E-state index < -0.39 is 4.92 Å². The number of benzene rings is 2. The topological polar surface area (TPSA) is 95.1 Å². The van der Waals surface area contributed by atoms with Crippen molar-refractivity contribution in [2.45, 2.75) is 13.5 Å². The molecule has 2 aromatic rings. The Kier molecular flexibility index (Phi) is 6.73. The Bertz CT molecular complexity index is 838. The first-order chi connectivity index (χ1) is 12.8. The molecule has 8 heteroatoms. The second-order valence-corrected chi connectivity index (χ2v) is 6.29. The van der Waals surface area contributed by atoms with Crippen molar-refractivity contribution < 1.29 is 24.1 Å². The molecule has 0 aromatic heterocycles. The van der Waals surface area contributed by atoms with Gasteiger partial charge in [0, 0.05) is 29.4 Å². The van der Waals surface area contributed by atoms with Gasteiger partial charge in [0.1, 0.15) is 18.0 Å². The summed E-state index contributed by atoms with van der Waals surface area (Å²) >= 11 is 0. The number of nitro groups is 1. The largest absolute Gasteiger partial charge is 0.497 e. The molecular weight excluding hydrogens is 350 g/mol. The monoisotopic (exact) mass is 374 g/mol. The normalized spacial score (nSPS) is 11.6. The highest BCUT2D eigenvalue weighted by atomic mass is 16.6. The number of anilines is 1. The van der Waals surface area contributed by atoms with E-state index in [0.29, 0.717) is 29.3 Å². The van der Waals surface area contributed by atoms with Gasteiger partial charge >= 0.3 is 0 Å². The number of hydrogen-bond donors (Lipinski definition) is 2. The van der Waals surface area contributed by atoms with Crippen LogP contribution in [-0.2, 0) is 11.3 Å². The number of non-ortho nitro benzene ring substituents is 1. The van der Waals surface area contributed by atoms with Gasteiger partial charge < -0.3 is 19.7 Å². The van der Waals surface area contributed by atoms with Gasteiger partial charge in [-0.3, -0.25) is 14.9 Å². The first-order valence-corrected chi connectivity index (χ1v) is 8.41. The number of aryl methyl sites for hydroxylation is 1. The van der Waals surface area contributed by atoms with Crippen LogP contribution in [-0.4, -0.2) is 38.6 Å². The molecule has 0 heterocycles. The maximum Gasteiger partial charge on any atom is 0.279 e. The Morgan fingerprint density at radius 3 is 2.52 bits per heavy atom. The maximum absolute atomic E-state index is 12.3. The van der Waals surface area contributed by atoms with E-state index in [1.165, 1.54) is 12.1 Å². The van der Waals surface area contributed by atoms with Gasteiger partial charge in [-0.1, -0.05) is 0 Å². The SMILES string of the molecule is COc1ccc(C[NH+](C)CC(=O)Nc2ccc([N+](=O)[O-])cc2C)c(OC)c1. The van der Waals surface area contributed by atoms with Crippen LogP contribution in [0.3, 0.4) is 0 Å². The molecule has 0 fully saturated rings. The quantitative estimate of drug-likeness (QED) is 0.540. The van der Waals surface area contributed by atoms with Crippen molar-refractivity contribution >= 4 is 17.3 Å². The second-order valence-electron chi connectivity index (χ2n) is 6.29. The van der Waals surface area contributed by atoms with E-state index in [9.17, 15) is 14.9 Å². The molecule has 2 rings (SSSR count). The number of carbonyl (C=O) groups excluding carboxylic acids is 1. The molecule has 144 valence electrons. The lowest BCUT2D eigenvalue weighted by Crippen LogP contribution is -3.08. The van der Waals surface area contributed by atoms with Gasteiger partial charge in [-0.15, -0.1) is 0 Å². The van der Waals surface area contributed by atoms with Crippen LogP contribution in [0, 0.1) is 17.0 Å². The predicted molar refractivity (Wildman–Crippen MR) is 101 cm³/mol. The summed E-state index contributed by atoms with van der Waals surface area (Å²) in [5, 5.41) is 13.6. The lowest BCUT2D eigenvalue weighted by atomic mass is 10.1. The number of ether oxygens (including phenoxy) is 2. The maximum atomic E-state index is 12.3. The fourth-order valence-corrected chi connectivity index (χ4v) is 2.76. The Morgan fingerprint density at radius 2 is 1.93 bits per heavy atom. The number of nitrogens with zero attached hydrogens (tertiary/aromatic N) is 1. The molecule has 0 spiro atoms. The summed E-state index contributed by atoms with van der Waals surface area (Å²) in [6, 6.07) is 9.94. The van der Waals surface area contributed by atoms with E-state index >= 15 is 0 Å². The third-order valence-electron chi connectivity index (χ3n) is 4.14. The molecule has 1 unspecified atom stereocenters. The molecular formula is C19H24N3O5+. The van der Waals surface area contributed by atoms with Crippen LogP contribution in [0.5, 0.6) is 11.5 Å². The number of hydrogen-bond acceptors (Lipinski definition) is 5. The molecule has 0 aliphatic heterocycles. The Hall–Kier alpha value is -3.13. The molecule has 1 amide bonds. The van der Waals surface area contributed by atoms with Crippen LogP contribution < -0.4 is 19.7 Å². The molecule has 2 aromatic carbocycles. The van der Waals surface area contributed by atoms with E-state index in [2.05, 4.69) is 5.32 Å². The second kappa shape index (κ2) is 9.00. The summed E-state index contributed by atoms with van der Waals surface area (Å²) < 4.78 is 10.6. The van der Waals surface area contributed by atoms with Crippen LogP contribution in [0.25, 0.3) is 0 Å². The minimum absolute atomic E-state index is 0.000146. The van der Waals surface area contributed by atoms with E-state index in [-0.39, 0.29) is 18.1 Å². The zero-order valence-electron chi connectivity index (χ0n) is 15.9. The number of carbonyl (C=O) groups is 1. The number of rotatable bonds is 8. The molecule has 0 saturated heterocycles. The number of amides is 1. The van der Waals surface area contributed by atoms with Gasteiger partial charge in [0.15, 0.2) is 6.54 Å². The van der Waals surface area contributed by atoms with E-state index in [1.54, 1.807) is 27.2 Å². The summed E-state index contributed by atoms with van der Waals surface area (Å²) in [6.07, 6.45) is 0. The van der Waals surface area contributed by atoms with Crippen LogP contribution in [0.15, 0.2) is 36.4 Å². The van der Waals surface area contributed by atoms with Crippen LogP contribution in [0.2, 0.25) is 0 Å². The van der Waals surface area contributed by atoms with E-state index in [0.717, 1.165) is 10.5 Å². The summed E-state index contributed by atoms with van der Waals surface area (Å²) in [5.41, 5.74) is 2.18. The number of nitrogens with one attached hydrogen (secondary N) is 2. The first-order valence-electron chi connectivity index (χ1n) is 8.41. The fourth-order valence-electron chi connectivity index (χ4n) is 2.76. The fraction of sp³-hybridized carbons (Fsp3) is 0.316. The van der Waals surface area contributed by atoms with Gasteiger partial charge in [0.05, 0.1) is 26.2 Å². The zero-order chi connectivity index (χ0) is 20.0. The summed E-state index contributed by atoms with van der Waals surface area (Å²) in [4.78, 5) is 23.6. The average Bonchev–Trinajstić information content (AvgIpc) is 2.63. The van der Waals surface area contributed by atoms with Crippen molar-refractivity contribution in [1.29, 1.82) is 0 Å². The van der Waals surface area contributed by atoms with Crippen molar-refractivity contribution in [3.8, 4) is 11.5 Å². The lowest BCUT2D eigenvalue weighted by Gasteiger charge is -2.16. The van der Waals surface area contributed by atoms with Crippen LogP contribution in [0.1, 0.15) is 11.1 Å². The van der Waals surface area contributed by atoms with Crippen molar-refractivity contribution in [1.82, 2.24) is 0 Å². The van der Waals surface area contributed by atoms with Crippen molar-refractivity contribution in [3.05, 3.63) is 57.6 Å². The smallest absolute Gasteiger partial charge is 0.279 e. The number of likely N-dealkylation sites (N-methyl/N-ethyl adjacent to an activating group) is 1. The van der Waals surface area contributed by atoms with Gasteiger partial charge in [-0.25, -0.2) is 0 Å². The van der Waals surface area contributed by atoms with E-state index in [1.807, 2.05) is 25.2 Å². The zero-order valence-corrected chi connectivity index (χ0v) is 15.9. The summed E-state index contributed by atoms with van der Waals surface area (Å²) in [5.74, 6) is 1.25. The molecule has 0 aliphatic carbocycles. The van der Waals surface area contributed by atoms with Gasteiger partial charge in [-0.2, -0.15) is 0 Å². The minimum Gasteiger partial charge on any atom is -0.497 e. The first kappa shape index (κ1) is 20.2. The highest BCUT2D eigenvalue weighted by molar-refractivity contribution is 5.92. The van der Waals surface area contributed by atoms with Gasteiger partial charge in [0.25, 0.3) is 11.6 Å². The lowest BCUT2D eigenvalue weighted by molar-refractivity contribution is -0.885. The number of methoxy groups -OCH3 is 2. The molecule has 0 aliphatic rings.